The molecular weight excluding hydrogens is 302 g/mol. The molecule has 5 nitrogen and oxygen atoms in total. The molecule has 0 spiro atoms. The molecule has 4 N–H and O–H groups in total. The highest BCUT2D eigenvalue weighted by Gasteiger charge is 2.10. The van der Waals surface area contributed by atoms with Crippen LogP contribution in [0, 0.1) is 0 Å². The number of phenolic OH excluding ortho intramolecular Hbond substituents is 1. The van der Waals surface area contributed by atoms with Crippen molar-refractivity contribution in [2.45, 2.75) is 6.92 Å². The number of phenols is 1. The molecule has 0 aliphatic heterocycles. The number of amides is 1. The van der Waals surface area contributed by atoms with Crippen LogP contribution in [0.25, 0.3) is 10.8 Å². The number of nitrogen functional groups attached to an aromatic ring is 1. The standard InChI is InChI=1S/C19H17N3O2/c1-12(21-22-19(24)14-6-9-15(20)10-7-14)16-11-8-13-4-2-3-5-17(13)18(16)23/h2-11,23H,20H2,1H3,(H,22,24)/b21-12+. The van der Waals surface area contributed by atoms with Gasteiger partial charge in [0.25, 0.3) is 5.91 Å². The van der Waals surface area contributed by atoms with Crippen molar-refractivity contribution in [1.82, 2.24) is 5.43 Å². The first-order valence-corrected chi connectivity index (χ1v) is 7.47. The van der Waals surface area contributed by atoms with Gasteiger partial charge in [-0.3, -0.25) is 4.79 Å². The maximum Gasteiger partial charge on any atom is 0.271 e. The molecule has 3 rings (SSSR count). The summed E-state index contributed by atoms with van der Waals surface area (Å²) in [5, 5.41) is 16.2. The third-order valence-corrected chi connectivity index (χ3v) is 3.79. The van der Waals surface area contributed by atoms with E-state index in [-0.39, 0.29) is 11.7 Å². The first-order chi connectivity index (χ1) is 11.6. The van der Waals surface area contributed by atoms with Gasteiger partial charge in [-0.2, -0.15) is 5.10 Å². The normalized spacial score (nSPS) is 11.5. The van der Waals surface area contributed by atoms with Crippen LogP contribution in [0.1, 0.15) is 22.8 Å². The molecule has 3 aromatic rings. The molecule has 24 heavy (non-hydrogen) atoms. The number of nitrogens with two attached hydrogens (primary N) is 1. The Morgan fingerprint density at radius 1 is 1.04 bits per heavy atom. The van der Waals surface area contributed by atoms with E-state index in [0.29, 0.717) is 22.5 Å². The number of carbonyl (C=O) groups excluding carboxylic acids is 1. The fourth-order valence-corrected chi connectivity index (χ4v) is 2.44. The summed E-state index contributed by atoms with van der Waals surface area (Å²) in [4.78, 5) is 12.1. The average Bonchev–Trinajstić information content (AvgIpc) is 2.60. The number of rotatable bonds is 3. The number of benzene rings is 3. The largest absolute Gasteiger partial charge is 0.507 e. The van der Waals surface area contributed by atoms with E-state index >= 15 is 0 Å². The lowest BCUT2D eigenvalue weighted by Gasteiger charge is -2.08. The lowest BCUT2D eigenvalue weighted by atomic mass is 10.0. The molecule has 0 bridgehead atoms. The van der Waals surface area contributed by atoms with Crippen LogP contribution >= 0.6 is 0 Å². The van der Waals surface area contributed by atoms with Gasteiger partial charge in [0.15, 0.2) is 0 Å². The quantitative estimate of drug-likeness (QED) is 0.393. The number of nitrogens with one attached hydrogen (secondary N) is 1. The van der Waals surface area contributed by atoms with Gasteiger partial charge in [0.1, 0.15) is 5.75 Å². The van der Waals surface area contributed by atoms with Gasteiger partial charge in [0.2, 0.25) is 0 Å². The van der Waals surface area contributed by atoms with Crippen molar-refractivity contribution in [2.24, 2.45) is 5.10 Å². The van der Waals surface area contributed by atoms with Gasteiger partial charge in [-0.1, -0.05) is 30.3 Å². The molecule has 0 radical (unpaired) electrons. The molecule has 0 unspecified atom stereocenters. The molecule has 0 aliphatic carbocycles. The highest BCUT2D eigenvalue weighted by molar-refractivity contribution is 6.07. The number of fused-ring (bicyclic) bond motifs is 1. The third-order valence-electron chi connectivity index (χ3n) is 3.79. The van der Waals surface area contributed by atoms with Crippen molar-refractivity contribution in [2.75, 3.05) is 5.73 Å². The number of aromatic hydroxyl groups is 1. The summed E-state index contributed by atoms with van der Waals surface area (Å²) >= 11 is 0. The van der Waals surface area contributed by atoms with Crippen molar-refractivity contribution in [1.29, 1.82) is 0 Å². The van der Waals surface area contributed by atoms with Crippen LogP contribution in [0.2, 0.25) is 0 Å². The zero-order valence-electron chi connectivity index (χ0n) is 13.2. The average molecular weight is 319 g/mol. The molecule has 0 atom stereocenters. The minimum Gasteiger partial charge on any atom is -0.507 e. The fraction of sp³-hybridized carbons (Fsp3) is 0.0526. The Balaban J connectivity index is 1.84. The lowest BCUT2D eigenvalue weighted by Crippen LogP contribution is -2.19. The van der Waals surface area contributed by atoms with Crippen LogP contribution in [0.15, 0.2) is 65.8 Å². The zero-order chi connectivity index (χ0) is 17.1. The second kappa shape index (κ2) is 6.42. The van der Waals surface area contributed by atoms with Gasteiger partial charge in [-0.15, -0.1) is 0 Å². The van der Waals surface area contributed by atoms with Gasteiger partial charge in [-0.25, -0.2) is 5.43 Å². The Labute approximate surface area is 139 Å². The van der Waals surface area contributed by atoms with E-state index in [9.17, 15) is 9.90 Å². The van der Waals surface area contributed by atoms with Crippen molar-refractivity contribution >= 4 is 28.1 Å². The predicted molar refractivity (Wildman–Crippen MR) is 96.1 cm³/mol. The van der Waals surface area contributed by atoms with E-state index in [1.54, 1.807) is 37.3 Å². The number of anilines is 1. The summed E-state index contributed by atoms with van der Waals surface area (Å²) in [7, 11) is 0. The van der Waals surface area contributed by atoms with Crippen LogP contribution in [0.4, 0.5) is 5.69 Å². The summed E-state index contributed by atoms with van der Waals surface area (Å²) in [5.74, 6) is -0.189. The Bertz CT molecular complexity index is 931. The molecule has 1 amide bonds. The molecule has 0 aromatic heterocycles. The van der Waals surface area contributed by atoms with Crippen LogP contribution in [-0.4, -0.2) is 16.7 Å². The van der Waals surface area contributed by atoms with Crippen LogP contribution in [-0.2, 0) is 0 Å². The highest BCUT2D eigenvalue weighted by atomic mass is 16.3. The van der Waals surface area contributed by atoms with Gasteiger partial charge < -0.3 is 10.8 Å². The van der Waals surface area contributed by atoms with Gasteiger partial charge in [0, 0.05) is 22.2 Å². The first kappa shape index (κ1) is 15.6. The molecule has 120 valence electrons. The molecule has 0 fully saturated rings. The minimum absolute atomic E-state index is 0.149. The summed E-state index contributed by atoms with van der Waals surface area (Å²) in [6.07, 6.45) is 0. The number of carbonyl (C=O) groups is 1. The fourth-order valence-electron chi connectivity index (χ4n) is 2.44. The molecule has 0 saturated carbocycles. The van der Waals surface area contributed by atoms with E-state index in [1.165, 1.54) is 0 Å². The third kappa shape index (κ3) is 3.05. The summed E-state index contributed by atoms with van der Waals surface area (Å²) in [5.41, 5.74) is 10.2. The van der Waals surface area contributed by atoms with E-state index in [0.717, 1.165) is 10.8 Å². The second-order valence-corrected chi connectivity index (χ2v) is 5.44. The molecular formula is C19H17N3O2. The van der Waals surface area contributed by atoms with E-state index in [4.69, 9.17) is 5.73 Å². The second-order valence-electron chi connectivity index (χ2n) is 5.44. The van der Waals surface area contributed by atoms with E-state index in [2.05, 4.69) is 10.5 Å². The van der Waals surface area contributed by atoms with Gasteiger partial charge in [-0.05, 0) is 42.6 Å². The van der Waals surface area contributed by atoms with Crippen molar-refractivity contribution < 1.29 is 9.90 Å². The SMILES string of the molecule is C/C(=N\NC(=O)c1ccc(N)cc1)c1ccc2ccccc2c1O. The Morgan fingerprint density at radius 3 is 2.50 bits per heavy atom. The number of hydrogen-bond donors (Lipinski definition) is 3. The number of hydrazone groups is 1. The zero-order valence-corrected chi connectivity index (χ0v) is 13.2. The van der Waals surface area contributed by atoms with E-state index < -0.39 is 0 Å². The maximum atomic E-state index is 12.1. The monoisotopic (exact) mass is 319 g/mol. The van der Waals surface area contributed by atoms with Crippen LogP contribution in [0.3, 0.4) is 0 Å². The molecule has 0 saturated heterocycles. The van der Waals surface area contributed by atoms with E-state index in [1.807, 2.05) is 30.3 Å². The van der Waals surface area contributed by atoms with Gasteiger partial charge in [0.05, 0.1) is 5.71 Å². The van der Waals surface area contributed by atoms with Crippen molar-refractivity contribution in [3.05, 3.63) is 71.8 Å². The Morgan fingerprint density at radius 2 is 1.75 bits per heavy atom. The lowest BCUT2D eigenvalue weighted by molar-refractivity contribution is 0.0955. The smallest absolute Gasteiger partial charge is 0.271 e. The maximum absolute atomic E-state index is 12.1. The number of nitrogens with zero attached hydrogens (tertiary/aromatic N) is 1. The number of hydrogen-bond acceptors (Lipinski definition) is 4. The Kier molecular flexibility index (Phi) is 4.16. The topological polar surface area (TPSA) is 87.7 Å². The summed E-state index contributed by atoms with van der Waals surface area (Å²) in [6, 6.07) is 17.8. The van der Waals surface area contributed by atoms with Crippen LogP contribution < -0.4 is 11.2 Å². The summed E-state index contributed by atoms with van der Waals surface area (Å²) in [6.45, 7) is 1.73. The molecule has 0 heterocycles. The summed E-state index contributed by atoms with van der Waals surface area (Å²) < 4.78 is 0. The highest BCUT2D eigenvalue weighted by Crippen LogP contribution is 2.28. The molecule has 5 heteroatoms. The first-order valence-electron chi connectivity index (χ1n) is 7.47. The van der Waals surface area contributed by atoms with Crippen molar-refractivity contribution in [3.63, 3.8) is 0 Å². The molecule has 0 aliphatic rings. The molecule has 3 aromatic carbocycles. The van der Waals surface area contributed by atoms with Crippen molar-refractivity contribution in [3.8, 4) is 5.75 Å². The minimum atomic E-state index is -0.338. The Hall–Kier alpha value is -3.34. The van der Waals surface area contributed by atoms with Crippen LogP contribution in [0.5, 0.6) is 5.75 Å². The predicted octanol–water partition coefficient (Wildman–Crippen LogP) is 3.28. The van der Waals surface area contributed by atoms with Gasteiger partial charge >= 0.3 is 0 Å².